The van der Waals surface area contributed by atoms with Gasteiger partial charge in [-0.2, -0.15) is 0 Å². The predicted octanol–water partition coefficient (Wildman–Crippen LogP) is 4.03. The van der Waals surface area contributed by atoms with Gasteiger partial charge >= 0.3 is 0 Å². The molecular weight excluding hydrogens is 322 g/mol. The molecule has 0 N–H and O–H groups in total. The highest BCUT2D eigenvalue weighted by Crippen LogP contribution is 2.24. The van der Waals surface area contributed by atoms with Gasteiger partial charge in [-0.3, -0.25) is 14.8 Å². The van der Waals surface area contributed by atoms with Crippen molar-refractivity contribution in [3.05, 3.63) is 71.7 Å². The summed E-state index contributed by atoms with van der Waals surface area (Å²) in [6, 6.07) is 15.9. The van der Waals surface area contributed by atoms with E-state index >= 15 is 0 Å². The Bertz CT molecular complexity index is 915. The molecular formula is C22H23N3O. The van der Waals surface area contributed by atoms with Crippen LogP contribution in [0.2, 0.25) is 0 Å². The molecule has 0 spiro atoms. The Morgan fingerprint density at radius 2 is 1.92 bits per heavy atom. The van der Waals surface area contributed by atoms with Crippen molar-refractivity contribution in [2.45, 2.75) is 26.2 Å². The maximum absolute atomic E-state index is 13.1. The second-order valence-corrected chi connectivity index (χ2v) is 7.09. The molecule has 0 bridgehead atoms. The lowest BCUT2D eigenvalue weighted by molar-refractivity contribution is 0.0692. The second kappa shape index (κ2) is 7.24. The molecule has 0 radical (unpaired) electrons. The molecule has 1 aliphatic rings. The molecule has 0 saturated carbocycles. The van der Waals surface area contributed by atoms with Gasteiger partial charge in [0.2, 0.25) is 0 Å². The van der Waals surface area contributed by atoms with E-state index in [1.165, 1.54) is 0 Å². The third kappa shape index (κ3) is 3.45. The zero-order valence-corrected chi connectivity index (χ0v) is 15.1. The summed E-state index contributed by atoms with van der Waals surface area (Å²) in [7, 11) is 0. The summed E-state index contributed by atoms with van der Waals surface area (Å²) in [6.45, 7) is 3.57. The minimum Gasteiger partial charge on any atom is -0.339 e. The van der Waals surface area contributed by atoms with Crippen molar-refractivity contribution in [1.82, 2.24) is 14.9 Å². The SMILES string of the molecule is Cc1ccc2cccc(C(=O)N3CCC(Cc4ccccn4)CC3)c2n1. The fourth-order valence-electron chi connectivity index (χ4n) is 3.74. The number of fused-ring (bicyclic) bond motifs is 1. The van der Waals surface area contributed by atoms with Crippen molar-refractivity contribution in [1.29, 1.82) is 0 Å². The number of likely N-dealkylation sites (tertiary alicyclic amines) is 1. The van der Waals surface area contributed by atoms with Gasteiger partial charge in [0.15, 0.2) is 0 Å². The van der Waals surface area contributed by atoms with Crippen molar-refractivity contribution in [3.63, 3.8) is 0 Å². The molecule has 3 aromatic rings. The lowest BCUT2D eigenvalue weighted by atomic mass is 9.91. The van der Waals surface area contributed by atoms with Gasteiger partial charge < -0.3 is 4.90 Å². The summed E-state index contributed by atoms with van der Waals surface area (Å²) in [5, 5.41) is 1.02. The second-order valence-electron chi connectivity index (χ2n) is 7.09. The van der Waals surface area contributed by atoms with Gasteiger partial charge in [0.05, 0.1) is 11.1 Å². The van der Waals surface area contributed by atoms with Crippen molar-refractivity contribution in [3.8, 4) is 0 Å². The first-order valence-corrected chi connectivity index (χ1v) is 9.26. The number of hydrogen-bond acceptors (Lipinski definition) is 3. The normalized spacial score (nSPS) is 15.3. The molecule has 1 amide bonds. The number of para-hydroxylation sites is 1. The Balaban J connectivity index is 1.46. The summed E-state index contributed by atoms with van der Waals surface area (Å²) in [5.74, 6) is 0.701. The number of nitrogens with zero attached hydrogens (tertiary/aromatic N) is 3. The number of pyridine rings is 2. The highest BCUT2D eigenvalue weighted by molar-refractivity contribution is 6.05. The van der Waals surface area contributed by atoms with Crippen molar-refractivity contribution in [2.24, 2.45) is 5.92 Å². The van der Waals surface area contributed by atoms with Crippen molar-refractivity contribution >= 4 is 16.8 Å². The standard InChI is InChI=1S/C22H23N3O/c1-16-8-9-18-5-4-7-20(21(18)24-16)22(26)25-13-10-17(11-14-25)15-19-6-2-3-12-23-19/h2-9,12,17H,10-11,13-15H2,1H3. The monoisotopic (exact) mass is 345 g/mol. The molecule has 1 saturated heterocycles. The van der Waals surface area contributed by atoms with E-state index in [0.29, 0.717) is 5.92 Å². The molecule has 0 aliphatic carbocycles. The first-order chi connectivity index (χ1) is 12.7. The van der Waals surface area contributed by atoms with Crippen LogP contribution in [-0.4, -0.2) is 33.9 Å². The Morgan fingerprint density at radius 3 is 2.69 bits per heavy atom. The molecule has 2 aromatic heterocycles. The fraction of sp³-hybridized carbons (Fsp3) is 0.318. The van der Waals surface area contributed by atoms with E-state index in [0.717, 1.165) is 60.2 Å². The lowest BCUT2D eigenvalue weighted by Gasteiger charge is -2.32. The van der Waals surface area contributed by atoms with E-state index in [9.17, 15) is 4.79 Å². The molecule has 132 valence electrons. The van der Waals surface area contributed by atoms with Crippen LogP contribution in [-0.2, 0) is 6.42 Å². The lowest BCUT2D eigenvalue weighted by Crippen LogP contribution is -2.39. The highest BCUT2D eigenvalue weighted by Gasteiger charge is 2.25. The van der Waals surface area contributed by atoms with Crippen molar-refractivity contribution in [2.75, 3.05) is 13.1 Å². The number of rotatable bonds is 3. The first kappa shape index (κ1) is 16.7. The quantitative estimate of drug-likeness (QED) is 0.720. The number of carbonyl (C=O) groups is 1. The van der Waals surface area contributed by atoms with E-state index in [2.05, 4.69) is 16.0 Å². The van der Waals surface area contributed by atoms with E-state index in [1.807, 2.05) is 60.5 Å². The van der Waals surface area contributed by atoms with E-state index in [4.69, 9.17) is 0 Å². The van der Waals surface area contributed by atoms with Gasteiger partial charge in [0.1, 0.15) is 0 Å². The van der Waals surface area contributed by atoms with Crippen LogP contribution in [0.3, 0.4) is 0 Å². The van der Waals surface area contributed by atoms with Gasteiger partial charge in [-0.05, 0) is 56.4 Å². The van der Waals surface area contributed by atoms with Gasteiger partial charge in [-0.25, -0.2) is 0 Å². The number of carbonyl (C=O) groups excluding carboxylic acids is 1. The highest BCUT2D eigenvalue weighted by atomic mass is 16.2. The number of benzene rings is 1. The van der Waals surface area contributed by atoms with Crippen LogP contribution in [0, 0.1) is 12.8 Å². The molecule has 1 aromatic carbocycles. The average Bonchev–Trinajstić information content (AvgIpc) is 2.68. The Labute approximate surface area is 153 Å². The smallest absolute Gasteiger partial charge is 0.256 e. The maximum Gasteiger partial charge on any atom is 0.256 e. The number of aryl methyl sites for hydroxylation is 1. The van der Waals surface area contributed by atoms with E-state index in [-0.39, 0.29) is 5.91 Å². The Hall–Kier alpha value is -2.75. The van der Waals surface area contributed by atoms with Crippen LogP contribution in [0.15, 0.2) is 54.7 Å². The van der Waals surface area contributed by atoms with Gasteiger partial charge in [0.25, 0.3) is 5.91 Å². The molecule has 4 nitrogen and oxygen atoms in total. The zero-order chi connectivity index (χ0) is 17.9. The van der Waals surface area contributed by atoms with Crippen LogP contribution < -0.4 is 0 Å². The minimum absolute atomic E-state index is 0.102. The number of piperidine rings is 1. The molecule has 0 unspecified atom stereocenters. The summed E-state index contributed by atoms with van der Waals surface area (Å²) < 4.78 is 0. The van der Waals surface area contributed by atoms with Crippen LogP contribution in [0.4, 0.5) is 0 Å². The zero-order valence-electron chi connectivity index (χ0n) is 15.1. The van der Waals surface area contributed by atoms with Gasteiger partial charge in [-0.1, -0.05) is 24.3 Å². The van der Waals surface area contributed by atoms with E-state index < -0.39 is 0 Å². The molecule has 4 heteroatoms. The van der Waals surface area contributed by atoms with Crippen LogP contribution in [0.5, 0.6) is 0 Å². The molecule has 26 heavy (non-hydrogen) atoms. The van der Waals surface area contributed by atoms with E-state index in [1.54, 1.807) is 0 Å². The molecule has 1 aliphatic heterocycles. The fourth-order valence-corrected chi connectivity index (χ4v) is 3.74. The largest absolute Gasteiger partial charge is 0.339 e. The topological polar surface area (TPSA) is 46.1 Å². The summed E-state index contributed by atoms with van der Waals surface area (Å²) >= 11 is 0. The third-order valence-corrected chi connectivity index (χ3v) is 5.22. The molecule has 3 heterocycles. The average molecular weight is 345 g/mol. The van der Waals surface area contributed by atoms with Gasteiger partial charge in [-0.15, -0.1) is 0 Å². The number of aromatic nitrogens is 2. The van der Waals surface area contributed by atoms with Crippen LogP contribution in [0.1, 0.15) is 34.6 Å². The van der Waals surface area contributed by atoms with Gasteiger partial charge in [0, 0.05) is 36.1 Å². The van der Waals surface area contributed by atoms with Crippen LogP contribution >= 0.6 is 0 Å². The Kier molecular flexibility index (Phi) is 4.65. The minimum atomic E-state index is 0.102. The predicted molar refractivity (Wildman–Crippen MR) is 103 cm³/mol. The van der Waals surface area contributed by atoms with Crippen molar-refractivity contribution < 1.29 is 4.79 Å². The number of hydrogen-bond donors (Lipinski definition) is 0. The first-order valence-electron chi connectivity index (χ1n) is 9.26. The van der Waals surface area contributed by atoms with Crippen LogP contribution in [0.25, 0.3) is 10.9 Å². The number of amides is 1. The summed E-state index contributed by atoms with van der Waals surface area (Å²) in [4.78, 5) is 24.1. The summed E-state index contributed by atoms with van der Waals surface area (Å²) in [5.41, 5.74) is 3.61. The Morgan fingerprint density at radius 1 is 1.08 bits per heavy atom. The molecule has 0 atom stereocenters. The molecule has 1 fully saturated rings. The molecule has 4 rings (SSSR count). The maximum atomic E-state index is 13.1. The summed E-state index contributed by atoms with van der Waals surface area (Å²) in [6.07, 6.45) is 4.90. The third-order valence-electron chi connectivity index (χ3n) is 5.22.